The number of nitrogens with one attached hydrogen (secondary N) is 1. The van der Waals surface area contributed by atoms with E-state index in [1.165, 1.54) is 6.07 Å². The molecule has 0 unspecified atom stereocenters. The van der Waals surface area contributed by atoms with E-state index in [9.17, 15) is 13.2 Å². The van der Waals surface area contributed by atoms with Crippen LogP contribution in [-0.2, 0) is 12.7 Å². The first-order chi connectivity index (χ1) is 9.36. The first-order valence-electron chi connectivity index (χ1n) is 5.87. The molecule has 1 aromatic carbocycles. The van der Waals surface area contributed by atoms with Crippen LogP contribution in [0.1, 0.15) is 16.7 Å². The molecule has 1 aromatic heterocycles. The Morgan fingerprint density at radius 3 is 2.60 bits per heavy atom. The predicted molar refractivity (Wildman–Crippen MR) is 75.4 cm³/mol. The van der Waals surface area contributed by atoms with Crippen LogP contribution in [0.15, 0.2) is 41.1 Å². The summed E-state index contributed by atoms with van der Waals surface area (Å²) in [5, 5.41) is 3.01. The molecule has 0 amide bonds. The molecular weight excluding hydrogens is 333 g/mol. The molecular formula is C14H12BrF3N2. The first kappa shape index (κ1) is 14.8. The molecule has 1 N–H and O–H groups in total. The SMILES string of the molecule is Cc1ccc(C(F)(F)F)cc1NCc1cncc(Br)c1. The number of nitrogens with zero attached hydrogens (tertiary/aromatic N) is 1. The van der Waals surface area contributed by atoms with Crippen LogP contribution in [0.2, 0.25) is 0 Å². The maximum atomic E-state index is 12.7. The van der Waals surface area contributed by atoms with Crippen molar-refractivity contribution in [1.29, 1.82) is 0 Å². The van der Waals surface area contributed by atoms with Gasteiger partial charge >= 0.3 is 6.18 Å². The minimum absolute atomic E-state index is 0.411. The van der Waals surface area contributed by atoms with Crippen LogP contribution in [0.25, 0.3) is 0 Å². The summed E-state index contributed by atoms with van der Waals surface area (Å²) in [4.78, 5) is 4.01. The Labute approximate surface area is 123 Å². The van der Waals surface area contributed by atoms with Crippen molar-refractivity contribution < 1.29 is 13.2 Å². The van der Waals surface area contributed by atoms with E-state index in [4.69, 9.17) is 0 Å². The number of anilines is 1. The van der Waals surface area contributed by atoms with Gasteiger partial charge in [-0.3, -0.25) is 4.98 Å². The molecule has 20 heavy (non-hydrogen) atoms. The van der Waals surface area contributed by atoms with E-state index in [1.807, 2.05) is 6.07 Å². The van der Waals surface area contributed by atoms with Gasteiger partial charge in [-0.1, -0.05) is 6.07 Å². The standard InChI is InChI=1S/C14H12BrF3N2/c1-9-2-3-11(14(16,17)18)5-13(9)20-7-10-4-12(15)8-19-6-10/h2-6,8,20H,7H2,1H3. The fraction of sp³-hybridized carbons (Fsp3) is 0.214. The van der Waals surface area contributed by atoms with E-state index in [0.717, 1.165) is 27.7 Å². The zero-order valence-electron chi connectivity index (χ0n) is 10.6. The second-order valence-corrected chi connectivity index (χ2v) is 5.31. The van der Waals surface area contributed by atoms with Gasteiger partial charge in [-0.25, -0.2) is 0 Å². The monoisotopic (exact) mass is 344 g/mol. The molecule has 0 saturated carbocycles. The van der Waals surface area contributed by atoms with Gasteiger partial charge in [0.25, 0.3) is 0 Å². The van der Waals surface area contributed by atoms with Crippen molar-refractivity contribution in [3.8, 4) is 0 Å². The molecule has 2 aromatic rings. The molecule has 0 bridgehead atoms. The van der Waals surface area contributed by atoms with Crippen molar-refractivity contribution in [2.24, 2.45) is 0 Å². The molecule has 0 aliphatic rings. The number of aryl methyl sites for hydroxylation is 1. The molecule has 6 heteroatoms. The van der Waals surface area contributed by atoms with Crippen molar-refractivity contribution in [2.75, 3.05) is 5.32 Å². The van der Waals surface area contributed by atoms with E-state index in [2.05, 4.69) is 26.2 Å². The molecule has 106 valence electrons. The van der Waals surface area contributed by atoms with Crippen LogP contribution in [0.5, 0.6) is 0 Å². The summed E-state index contributed by atoms with van der Waals surface area (Å²) in [5.74, 6) is 0. The van der Waals surface area contributed by atoms with Gasteiger partial charge in [0.1, 0.15) is 0 Å². The Morgan fingerprint density at radius 1 is 1.20 bits per heavy atom. The minimum atomic E-state index is -4.33. The second kappa shape index (κ2) is 5.83. The molecule has 0 spiro atoms. The second-order valence-electron chi connectivity index (χ2n) is 4.39. The van der Waals surface area contributed by atoms with Crippen molar-refractivity contribution in [3.05, 3.63) is 57.8 Å². The number of hydrogen-bond donors (Lipinski definition) is 1. The predicted octanol–water partition coefficient (Wildman–Crippen LogP) is 4.78. The van der Waals surface area contributed by atoms with Gasteiger partial charge < -0.3 is 5.32 Å². The van der Waals surface area contributed by atoms with Crippen LogP contribution in [-0.4, -0.2) is 4.98 Å². The van der Waals surface area contributed by atoms with Crippen molar-refractivity contribution in [3.63, 3.8) is 0 Å². The van der Waals surface area contributed by atoms with Crippen LogP contribution in [0.3, 0.4) is 0 Å². The Bertz CT molecular complexity index is 612. The summed E-state index contributed by atoms with van der Waals surface area (Å²) in [7, 11) is 0. The number of hydrogen-bond acceptors (Lipinski definition) is 2. The summed E-state index contributed by atoms with van der Waals surface area (Å²) in [6.45, 7) is 2.18. The van der Waals surface area contributed by atoms with Gasteiger partial charge in [-0.05, 0) is 52.2 Å². The fourth-order valence-corrected chi connectivity index (χ4v) is 2.15. The number of benzene rings is 1. The average Bonchev–Trinajstić information content (AvgIpc) is 2.36. The van der Waals surface area contributed by atoms with E-state index in [-0.39, 0.29) is 0 Å². The summed E-state index contributed by atoms with van der Waals surface area (Å²) >= 11 is 3.30. The molecule has 2 nitrogen and oxygen atoms in total. The number of pyridine rings is 1. The summed E-state index contributed by atoms with van der Waals surface area (Å²) in [6.07, 6.45) is -1.01. The number of rotatable bonds is 3. The van der Waals surface area contributed by atoms with Crippen molar-refractivity contribution >= 4 is 21.6 Å². The first-order valence-corrected chi connectivity index (χ1v) is 6.67. The third-order valence-corrected chi connectivity index (χ3v) is 3.24. The number of aromatic nitrogens is 1. The van der Waals surface area contributed by atoms with E-state index < -0.39 is 11.7 Å². The Kier molecular flexibility index (Phi) is 4.32. The van der Waals surface area contributed by atoms with Gasteiger partial charge in [-0.2, -0.15) is 13.2 Å². The Balaban J connectivity index is 2.17. The Morgan fingerprint density at radius 2 is 1.95 bits per heavy atom. The lowest BCUT2D eigenvalue weighted by atomic mass is 10.1. The van der Waals surface area contributed by atoms with Crippen molar-refractivity contribution in [1.82, 2.24) is 4.98 Å². The molecule has 2 rings (SSSR count). The van der Waals surface area contributed by atoms with E-state index in [1.54, 1.807) is 19.3 Å². The van der Waals surface area contributed by atoms with Gasteiger partial charge in [0, 0.05) is 29.1 Å². The lowest BCUT2D eigenvalue weighted by molar-refractivity contribution is -0.137. The summed E-state index contributed by atoms with van der Waals surface area (Å²) < 4.78 is 38.8. The molecule has 0 aliphatic carbocycles. The van der Waals surface area contributed by atoms with Crippen LogP contribution in [0.4, 0.5) is 18.9 Å². The topological polar surface area (TPSA) is 24.9 Å². The Hall–Kier alpha value is -1.56. The highest BCUT2D eigenvalue weighted by Crippen LogP contribution is 2.32. The highest BCUT2D eigenvalue weighted by molar-refractivity contribution is 9.10. The molecule has 0 saturated heterocycles. The van der Waals surface area contributed by atoms with Crippen LogP contribution >= 0.6 is 15.9 Å². The highest BCUT2D eigenvalue weighted by Gasteiger charge is 2.30. The highest BCUT2D eigenvalue weighted by atomic mass is 79.9. The van der Waals surface area contributed by atoms with Gasteiger partial charge in [-0.15, -0.1) is 0 Å². The van der Waals surface area contributed by atoms with E-state index in [0.29, 0.717) is 12.2 Å². The number of halogens is 4. The average molecular weight is 345 g/mol. The molecule has 0 fully saturated rings. The lowest BCUT2D eigenvalue weighted by Crippen LogP contribution is -2.07. The minimum Gasteiger partial charge on any atom is -0.381 e. The lowest BCUT2D eigenvalue weighted by Gasteiger charge is -2.13. The third kappa shape index (κ3) is 3.72. The third-order valence-electron chi connectivity index (χ3n) is 2.81. The molecule has 0 radical (unpaired) electrons. The van der Waals surface area contributed by atoms with Crippen LogP contribution < -0.4 is 5.32 Å². The van der Waals surface area contributed by atoms with Crippen LogP contribution in [0, 0.1) is 6.92 Å². The quantitative estimate of drug-likeness (QED) is 0.866. The summed E-state index contributed by atoms with van der Waals surface area (Å²) in [6, 6.07) is 5.54. The normalized spacial score (nSPS) is 11.4. The molecule has 0 aliphatic heterocycles. The molecule has 1 heterocycles. The summed E-state index contributed by atoms with van der Waals surface area (Å²) in [5.41, 5.74) is 1.47. The van der Waals surface area contributed by atoms with Gasteiger partial charge in [0.15, 0.2) is 0 Å². The smallest absolute Gasteiger partial charge is 0.381 e. The molecule has 0 atom stereocenters. The van der Waals surface area contributed by atoms with Crippen molar-refractivity contribution in [2.45, 2.75) is 19.6 Å². The zero-order chi connectivity index (χ0) is 14.8. The van der Waals surface area contributed by atoms with Gasteiger partial charge in [0.2, 0.25) is 0 Å². The zero-order valence-corrected chi connectivity index (χ0v) is 12.2. The fourth-order valence-electron chi connectivity index (χ4n) is 1.74. The maximum absolute atomic E-state index is 12.7. The largest absolute Gasteiger partial charge is 0.416 e. The maximum Gasteiger partial charge on any atom is 0.416 e. The van der Waals surface area contributed by atoms with E-state index >= 15 is 0 Å². The van der Waals surface area contributed by atoms with Gasteiger partial charge in [0.05, 0.1) is 5.56 Å². The number of alkyl halides is 3.